The molecule has 3 nitrogen and oxygen atoms in total. The first kappa shape index (κ1) is 12.7. The van der Waals surface area contributed by atoms with Gasteiger partial charge in [-0.3, -0.25) is 0 Å². The molecule has 1 N–H and O–H groups in total. The fraction of sp³-hybridized carbons (Fsp3) is 0.692. The van der Waals surface area contributed by atoms with Gasteiger partial charge in [-0.25, -0.2) is 9.97 Å². The third-order valence-corrected chi connectivity index (χ3v) is 4.20. The Hall–Kier alpha value is -0.770. The lowest BCUT2D eigenvalue weighted by Crippen LogP contribution is -2.04. The molecule has 0 bridgehead atoms. The minimum atomic E-state index is 0.619. The molecular formula is C13H21N3S. The summed E-state index contributed by atoms with van der Waals surface area (Å²) in [6, 6.07) is 0. The summed E-state index contributed by atoms with van der Waals surface area (Å²) in [5.74, 6) is 3.81. The van der Waals surface area contributed by atoms with E-state index in [-0.39, 0.29) is 0 Å². The van der Waals surface area contributed by atoms with Crippen molar-refractivity contribution in [2.24, 2.45) is 0 Å². The topological polar surface area (TPSA) is 37.8 Å². The monoisotopic (exact) mass is 251 g/mol. The Morgan fingerprint density at radius 1 is 1.35 bits per heavy atom. The Labute approximate surface area is 108 Å². The molecule has 17 heavy (non-hydrogen) atoms. The molecule has 1 aliphatic carbocycles. The van der Waals surface area contributed by atoms with E-state index in [0.29, 0.717) is 5.92 Å². The molecule has 4 heteroatoms. The molecule has 0 spiro atoms. The molecule has 0 unspecified atom stereocenters. The molecule has 1 aromatic heterocycles. The van der Waals surface area contributed by atoms with Gasteiger partial charge in [-0.05, 0) is 31.9 Å². The Morgan fingerprint density at radius 2 is 2.12 bits per heavy atom. The lowest BCUT2D eigenvalue weighted by Gasteiger charge is -2.11. The quantitative estimate of drug-likeness (QED) is 0.476. The minimum Gasteiger partial charge on any atom is -0.373 e. The average molecular weight is 251 g/mol. The fourth-order valence-electron chi connectivity index (χ4n) is 1.73. The van der Waals surface area contributed by atoms with E-state index in [1.165, 1.54) is 36.3 Å². The standard InChI is InChI=1S/C13H21N3S/c1-4-5-8-17-13-9(2)11(14-3)15-12(16-13)10-6-7-10/h10H,4-8H2,1-3H3,(H,14,15,16). The van der Waals surface area contributed by atoms with Crippen molar-refractivity contribution in [1.29, 1.82) is 0 Å². The van der Waals surface area contributed by atoms with E-state index in [1.54, 1.807) is 0 Å². The molecule has 2 rings (SSSR count). The van der Waals surface area contributed by atoms with Gasteiger partial charge in [0, 0.05) is 18.5 Å². The van der Waals surface area contributed by atoms with E-state index in [9.17, 15) is 0 Å². The van der Waals surface area contributed by atoms with Crippen molar-refractivity contribution in [2.45, 2.75) is 50.5 Å². The summed E-state index contributed by atoms with van der Waals surface area (Å²) in [5, 5.41) is 4.35. The smallest absolute Gasteiger partial charge is 0.135 e. The van der Waals surface area contributed by atoms with Gasteiger partial charge in [-0.2, -0.15) is 0 Å². The van der Waals surface area contributed by atoms with Gasteiger partial charge in [-0.1, -0.05) is 13.3 Å². The van der Waals surface area contributed by atoms with Gasteiger partial charge in [0.2, 0.25) is 0 Å². The number of thioether (sulfide) groups is 1. The van der Waals surface area contributed by atoms with E-state index >= 15 is 0 Å². The first-order valence-electron chi connectivity index (χ1n) is 6.45. The highest BCUT2D eigenvalue weighted by Gasteiger charge is 2.28. The maximum Gasteiger partial charge on any atom is 0.135 e. The molecule has 1 aliphatic rings. The summed E-state index contributed by atoms with van der Waals surface area (Å²) in [6.07, 6.45) is 5.00. The molecule has 1 heterocycles. The van der Waals surface area contributed by atoms with Crippen LogP contribution in [0.1, 0.15) is 49.9 Å². The number of aromatic nitrogens is 2. The van der Waals surface area contributed by atoms with E-state index in [0.717, 1.165) is 17.4 Å². The zero-order valence-electron chi connectivity index (χ0n) is 10.9. The normalized spacial score (nSPS) is 15.0. The van der Waals surface area contributed by atoms with Gasteiger partial charge >= 0.3 is 0 Å². The molecule has 0 atom stereocenters. The largest absolute Gasteiger partial charge is 0.373 e. The lowest BCUT2D eigenvalue weighted by molar-refractivity contribution is 0.858. The number of unbranched alkanes of at least 4 members (excludes halogenated alkanes) is 1. The minimum absolute atomic E-state index is 0.619. The van der Waals surface area contributed by atoms with Crippen LogP contribution < -0.4 is 5.32 Å². The molecule has 94 valence electrons. The Bertz CT molecular complexity index is 388. The Morgan fingerprint density at radius 3 is 2.71 bits per heavy atom. The highest BCUT2D eigenvalue weighted by atomic mass is 32.2. The number of nitrogens with one attached hydrogen (secondary N) is 1. The van der Waals surface area contributed by atoms with Crippen molar-refractivity contribution in [3.05, 3.63) is 11.4 Å². The summed E-state index contributed by atoms with van der Waals surface area (Å²) in [4.78, 5) is 9.33. The van der Waals surface area contributed by atoms with Crippen molar-refractivity contribution in [1.82, 2.24) is 9.97 Å². The molecule has 1 aromatic rings. The molecule has 0 amide bonds. The molecule has 1 saturated carbocycles. The van der Waals surface area contributed by atoms with Gasteiger partial charge in [-0.15, -0.1) is 11.8 Å². The average Bonchev–Trinajstić information content (AvgIpc) is 3.15. The van der Waals surface area contributed by atoms with Crippen LogP contribution in [0, 0.1) is 6.92 Å². The van der Waals surface area contributed by atoms with Crippen LogP contribution in [0.4, 0.5) is 5.82 Å². The summed E-state index contributed by atoms with van der Waals surface area (Å²) in [5.41, 5.74) is 1.19. The Kier molecular flexibility index (Phi) is 4.26. The fourth-order valence-corrected chi connectivity index (χ4v) is 2.83. The van der Waals surface area contributed by atoms with Crippen LogP contribution >= 0.6 is 11.8 Å². The number of hydrogen-bond donors (Lipinski definition) is 1. The van der Waals surface area contributed by atoms with Crippen LogP contribution in [-0.4, -0.2) is 22.8 Å². The maximum atomic E-state index is 4.73. The third-order valence-electron chi connectivity index (χ3n) is 3.03. The number of anilines is 1. The van der Waals surface area contributed by atoms with Crippen LogP contribution in [0.3, 0.4) is 0 Å². The van der Waals surface area contributed by atoms with Crippen molar-refractivity contribution in [3.63, 3.8) is 0 Å². The molecule has 1 fully saturated rings. The van der Waals surface area contributed by atoms with E-state index < -0.39 is 0 Å². The number of rotatable bonds is 6. The number of hydrogen-bond acceptors (Lipinski definition) is 4. The van der Waals surface area contributed by atoms with E-state index in [4.69, 9.17) is 4.98 Å². The molecule has 0 radical (unpaired) electrons. The summed E-state index contributed by atoms with van der Waals surface area (Å²) in [6.45, 7) is 4.33. The van der Waals surface area contributed by atoms with Crippen molar-refractivity contribution < 1.29 is 0 Å². The van der Waals surface area contributed by atoms with Gasteiger partial charge in [0.15, 0.2) is 0 Å². The second kappa shape index (κ2) is 5.71. The van der Waals surface area contributed by atoms with Crippen LogP contribution in [-0.2, 0) is 0 Å². The van der Waals surface area contributed by atoms with Crippen LogP contribution in [0.5, 0.6) is 0 Å². The van der Waals surface area contributed by atoms with Crippen molar-refractivity contribution in [2.75, 3.05) is 18.1 Å². The first-order valence-corrected chi connectivity index (χ1v) is 7.44. The van der Waals surface area contributed by atoms with Crippen LogP contribution in [0.2, 0.25) is 0 Å². The second-order valence-corrected chi connectivity index (χ2v) is 5.67. The third kappa shape index (κ3) is 3.12. The van der Waals surface area contributed by atoms with Crippen LogP contribution in [0.25, 0.3) is 0 Å². The zero-order valence-corrected chi connectivity index (χ0v) is 11.7. The molecular weight excluding hydrogens is 230 g/mol. The second-order valence-electron chi connectivity index (χ2n) is 4.59. The summed E-state index contributed by atoms with van der Waals surface area (Å²) < 4.78 is 0. The van der Waals surface area contributed by atoms with Gasteiger partial charge < -0.3 is 5.32 Å². The predicted molar refractivity (Wildman–Crippen MR) is 73.9 cm³/mol. The van der Waals surface area contributed by atoms with Crippen LogP contribution in [0.15, 0.2) is 5.03 Å². The first-order chi connectivity index (χ1) is 8.26. The van der Waals surface area contributed by atoms with Gasteiger partial charge in [0.05, 0.1) is 0 Å². The summed E-state index contributed by atoms with van der Waals surface area (Å²) in [7, 11) is 1.94. The van der Waals surface area contributed by atoms with Gasteiger partial charge in [0.1, 0.15) is 16.7 Å². The van der Waals surface area contributed by atoms with E-state index in [2.05, 4.69) is 24.1 Å². The van der Waals surface area contributed by atoms with Crippen molar-refractivity contribution >= 4 is 17.6 Å². The molecule has 0 saturated heterocycles. The highest BCUT2D eigenvalue weighted by Crippen LogP contribution is 2.40. The Balaban J connectivity index is 2.18. The van der Waals surface area contributed by atoms with E-state index in [1.807, 2.05) is 18.8 Å². The predicted octanol–water partition coefficient (Wildman–Crippen LogP) is 3.60. The van der Waals surface area contributed by atoms with Crippen molar-refractivity contribution in [3.8, 4) is 0 Å². The zero-order chi connectivity index (χ0) is 12.3. The summed E-state index contributed by atoms with van der Waals surface area (Å²) >= 11 is 1.87. The highest BCUT2D eigenvalue weighted by molar-refractivity contribution is 7.99. The number of nitrogens with zero attached hydrogens (tertiary/aromatic N) is 2. The SMILES string of the molecule is CCCCSc1nc(C2CC2)nc(NC)c1C. The maximum absolute atomic E-state index is 4.73. The van der Waals surface area contributed by atoms with Gasteiger partial charge in [0.25, 0.3) is 0 Å². The lowest BCUT2D eigenvalue weighted by atomic mass is 10.3. The molecule has 0 aromatic carbocycles. The molecule has 0 aliphatic heterocycles.